The molecule has 0 radical (unpaired) electrons. The smallest absolute Gasteiger partial charge is 0.167 e. The van der Waals surface area contributed by atoms with Gasteiger partial charge in [-0.3, -0.25) is 4.99 Å². The quantitative estimate of drug-likeness (QED) is 0.546. The number of ether oxygens (including phenoxy) is 1. The van der Waals surface area contributed by atoms with Crippen LogP contribution in [-0.4, -0.2) is 23.0 Å². The molecule has 128 valence electrons. The van der Waals surface area contributed by atoms with Crippen molar-refractivity contribution in [2.75, 3.05) is 6.61 Å². The summed E-state index contributed by atoms with van der Waals surface area (Å²) in [4.78, 5) is 4.34. The molecule has 0 saturated heterocycles. The van der Waals surface area contributed by atoms with Crippen molar-refractivity contribution in [3.63, 3.8) is 0 Å². The van der Waals surface area contributed by atoms with Crippen molar-refractivity contribution in [1.82, 2.24) is 0 Å². The lowest BCUT2D eigenvalue weighted by Crippen LogP contribution is -1.96. The Morgan fingerprint density at radius 2 is 1.92 bits per heavy atom. The van der Waals surface area contributed by atoms with E-state index in [0.29, 0.717) is 28.1 Å². The van der Waals surface area contributed by atoms with Gasteiger partial charge in [-0.1, -0.05) is 19.4 Å². The molecule has 0 amide bonds. The van der Waals surface area contributed by atoms with Crippen molar-refractivity contribution in [3.8, 4) is 17.2 Å². The Morgan fingerprint density at radius 1 is 1.17 bits per heavy atom. The van der Waals surface area contributed by atoms with Gasteiger partial charge in [-0.25, -0.2) is 0 Å². The zero-order valence-corrected chi connectivity index (χ0v) is 16.7. The van der Waals surface area contributed by atoms with Crippen LogP contribution >= 0.6 is 31.9 Å². The molecule has 0 spiro atoms. The van der Waals surface area contributed by atoms with Gasteiger partial charge in [0.05, 0.1) is 12.2 Å². The van der Waals surface area contributed by atoms with Crippen LogP contribution in [0.1, 0.15) is 31.4 Å². The minimum absolute atomic E-state index is 0.000113. The van der Waals surface area contributed by atoms with Gasteiger partial charge < -0.3 is 14.9 Å². The van der Waals surface area contributed by atoms with Crippen molar-refractivity contribution in [2.45, 2.75) is 26.7 Å². The highest BCUT2D eigenvalue weighted by Crippen LogP contribution is 2.40. The lowest BCUT2D eigenvalue weighted by molar-refractivity contribution is 0.317. The molecule has 2 aromatic rings. The molecule has 6 heteroatoms. The number of benzene rings is 2. The topological polar surface area (TPSA) is 62.1 Å². The summed E-state index contributed by atoms with van der Waals surface area (Å²) in [6.07, 6.45) is 3.45. The highest BCUT2D eigenvalue weighted by atomic mass is 79.9. The van der Waals surface area contributed by atoms with Crippen LogP contribution in [0.5, 0.6) is 17.2 Å². The molecule has 4 nitrogen and oxygen atoms in total. The second kappa shape index (κ2) is 8.53. The van der Waals surface area contributed by atoms with Gasteiger partial charge in [0.25, 0.3) is 0 Å². The summed E-state index contributed by atoms with van der Waals surface area (Å²) >= 11 is 6.86. The van der Waals surface area contributed by atoms with Gasteiger partial charge >= 0.3 is 0 Å². The molecule has 0 aliphatic carbocycles. The number of aromatic hydroxyl groups is 2. The molecule has 24 heavy (non-hydrogen) atoms. The first kappa shape index (κ1) is 18.8. The summed E-state index contributed by atoms with van der Waals surface area (Å²) in [6.45, 7) is 4.39. The first-order chi connectivity index (χ1) is 11.5. The Labute approximate surface area is 158 Å². The number of hydrogen-bond acceptors (Lipinski definition) is 4. The van der Waals surface area contributed by atoms with E-state index >= 15 is 0 Å². The molecule has 0 bridgehead atoms. The second-order valence-electron chi connectivity index (χ2n) is 5.20. The van der Waals surface area contributed by atoms with Gasteiger partial charge in [-0.2, -0.15) is 0 Å². The first-order valence-electron chi connectivity index (χ1n) is 7.67. The third-order valence-electron chi connectivity index (χ3n) is 3.40. The fourth-order valence-electron chi connectivity index (χ4n) is 2.25. The lowest BCUT2D eigenvalue weighted by atomic mass is 10.1. The molecule has 0 aromatic heterocycles. The second-order valence-corrected chi connectivity index (χ2v) is 6.84. The number of phenols is 2. The van der Waals surface area contributed by atoms with E-state index in [9.17, 15) is 10.2 Å². The van der Waals surface area contributed by atoms with E-state index in [1.54, 1.807) is 12.1 Å². The van der Waals surface area contributed by atoms with Crippen LogP contribution in [0.2, 0.25) is 0 Å². The van der Waals surface area contributed by atoms with Crippen LogP contribution in [0, 0.1) is 0 Å². The molecule has 2 N–H and O–H groups in total. The summed E-state index contributed by atoms with van der Waals surface area (Å²) < 4.78 is 6.84. The maximum atomic E-state index is 10.4. The zero-order valence-electron chi connectivity index (χ0n) is 13.5. The van der Waals surface area contributed by atoms with Crippen molar-refractivity contribution in [2.24, 2.45) is 4.99 Å². The zero-order chi connectivity index (χ0) is 17.7. The Kier molecular flexibility index (Phi) is 6.69. The molecule has 0 aliphatic heterocycles. The van der Waals surface area contributed by atoms with E-state index in [1.165, 1.54) is 6.21 Å². The van der Waals surface area contributed by atoms with Gasteiger partial charge in [0.15, 0.2) is 11.5 Å². The van der Waals surface area contributed by atoms with E-state index in [2.05, 4.69) is 43.8 Å². The number of halogens is 2. The Morgan fingerprint density at radius 3 is 2.58 bits per heavy atom. The van der Waals surface area contributed by atoms with Gasteiger partial charge in [-0.05, 0) is 69.0 Å². The minimum Gasteiger partial charge on any atom is -0.506 e. The van der Waals surface area contributed by atoms with Gasteiger partial charge in [-0.15, -0.1) is 0 Å². The van der Waals surface area contributed by atoms with Gasteiger partial charge in [0, 0.05) is 15.2 Å². The monoisotopic (exact) mass is 455 g/mol. The number of aryl methyl sites for hydroxylation is 1. The third-order valence-corrected chi connectivity index (χ3v) is 5.42. The van der Waals surface area contributed by atoms with Gasteiger partial charge in [0.1, 0.15) is 11.4 Å². The molecule has 0 heterocycles. The molecule has 0 saturated carbocycles. The predicted molar refractivity (Wildman–Crippen MR) is 104 cm³/mol. The summed E-state index contributed by atoms with van der Waals surface area (Å²) in [6, 6.07) is 7.07. The van der Waals surface area contributed by atoms with Crippen molar-refractivity contribution >= 4 is 43.8 Å². The average molecular weight is 457 g/mol. The van der Waals surface area contributed by atoms with Crippen LogP contribution in [0.4, 0.5) is 5.69 Å². The van der Waals surface area contributed by atoms with Crippen molar-refractivity contribution < 1.29 is 14.9 Å². The van der Waals surface area contributed by atoms with E-state index < -0.39 is 0 Å². The van der Waals surface area contributed by atoms with Crippen LogP contribution in [0.3, 0.4) is 0 Å². The van der Waals surface area contributed by atoms with E-state index in [1.807, 2.05) is 19.1 Å². The fraction of sp³-hybridized carbons (Fsp3) is 0.278. The number of phenolic OH excluding ortho intramolecular Hbond substituents is 2. The van der Waals surface area contributed by atoms with E-state index in [-0.39, 0.29) is 11.5 Å². The van der Waals surface area contributed by atoms with E-state index in [0.717, 1.165) is 22.9 Å². The summed E-state index contributed by atoms with van der Waals surface area (Å²) in [5.74, 6) is 0.472. The molecule has 0 aliphatic rings. The van der Waals surface area contributed by atoms with Crippen molar-refractivity contribution in [1.29, 1.82) is 0 Å². The fourth-order valence-corrected chi connectivity index (χ4v) is 3.07. The third kappa shape index (κ3) is 4.30. The molecule has 0 atom stereocenters. The van der Waals surface area contributed by atoms with Crippen molar-refractivity contribution in [3.05, 3.63) is 44.3 Å². The Hall–Kier alpha value is -1.53. The Balaban J connectivity index is 2.44. The molecule has 0 unspecified atom stereocenters. The van der Waals surface area contributed by atoms with Crippen LogP contribution in [0.15, 0.2) is 38.2 Å². The Bertz CT molecular complexity index is 760. The average Bonchev–Trinajstić information content (AvgIpc) is 2.55. The lowest BCUT2D eigenvalue weighted by Gasteiger charge is -2.11. The van der Waals surface area contributed by atoms with Gasteiger partial charge in [0.2, 0.25) is 0 Å². The highest BCUT2D eigenvalue weighted by Gasteiger charge is 2.15. The number of nitrogens with zero attached hydrogens (tertiary/aromatic N) is 1. The number of hydrogen-bond donors (Lipinski definition) is 2. The molecular formula is C18H19Br2NO3. The van der Waals surface area contributed by atoms with Crippen LogP contribution in [0.25, 0.3) is 0 Å². The summed E-state index contributed by atoms with van der Waals surface area (Å²) in [5.41, 5.74) is 2.05. The molecule has 0 fully saturated rings. The molecule has 2 rings (SSSR count). The minimum atomic E-state index is -0.000113. The standard InChI is InChI=1S/C18H19Br2NO3/c1-3-5-11-6-7-15(22)14(8-11)21-10-12-17(20)13(19)9-16(18(12)23)24-4-2/h6-10,22-23H,3-5H2,1-2H3. The SMILES string of the molecule is CCCc1ccc(O)c(N=Cc2c(O)c(OCC)cc(Br)c2Br)c1. The van der Waals surface area contributed by atoms with Crippen LogP contribution in [-0.2, 0) is 6.42 Å². The first-order valence-corrected chi connectivity index (χ1v) is 9.26. The van der Waals surface area contributed by atoms with Crippen LogP contribution < -0.4 is 4.74 Å². The van der Waals surface area contributed by atoms with E-state index in [4.69, 9.17) is 4.74 Å². The summed E-state index contributed by atoms with van der Waals surface area (Å²) in [7, 11) is 0. The maximum absolute atomic E-state index is 10.4. The predicted octanol–water partition coefficient (Wildman–Crippen LogP) is 5.72. The largest absolute Gasteiger partial charge is 0.506 e. The number of aliphatic imine (C=N–C) groups is 1. The molecular weight excluding hydrogens is 438 g/mol. The summed E-state index contributed by atoms with van der Waals surface area (Å²) in [5, 5.41) is 20.4. The molecule has 2 aromatic carbocycles. The maximum Gasteiger partial charge on any atom is 0.167 e. The highest BCUT2D eigenvalue weighted by molar-refractivity contribution is 9.13. The normalized spacial score (nSPS) is 11.2. The number of rotatable bonds is 6.